The van der Waals surface area contributed by atoms with E-state index in [4.69, 9.17) is 0 Å². The summed E-state index contributed by atoms with van der Waals surface area (Å²) in [6.45, 7) is 5.41. The number of hydrogen-bond acceptors (Lipinski definition) is 4. The Labute approximate surface area is 168 Å². The lowest BCUT2D eigenvalue weighted by Gasteiger charge is -2.32. The van der Waals surface area contributed by atoms with E-state index in [1.807, 2.05) is 4.90 Å². The Morgan fingerprint density at radius 1 is 1.14 bits per heavy atom. The number of benzene rings is 1. The van der Waals surface area contributed by atoms with Crippen LogP contribution in [0.15, 0.2) is 24.3 Å². The molecule has 5 nitrogen and oxygen atoms in total. The summed E-state index contributed by atoms with van der Waals surface area (Å²) in [5.41, 5.74) is 0.478. The minimum absolute atomic E-state index is 0. The number of amides is 1. The topological polar surface area (TPSA) is 44.8 Å². The standard InChI is InChI=1S/C19H24F3N3O2.ClH/c20-19(21,22)27-17-4-2-1-3-14(17)15-11-16(15)18(26)25-8-5-13(12-25)24-9-6-23-7-10-24;/h1-4,13,15-16,23H,5-12H2;1H. The van der Waals surface area contributed by atoms with E-state index in [1.54, 1.807) is 12.1 Å². The summed E-state index contributed by atoms with van der Waals surface area (Å²) in [4.78, 5) is 17.2. The molecule has 3 fully saturated rings. The highest BCUT2D eigenvalue weighted by molar-refractivity contribution is 5.85. The number of carbonyl (C=O) groups is 1. The van der Waals surface area contributed by atoms with E-state index < -0.39 is 6.36 Å². The number of rotatable bonds is 4. The minimum atomic E-state index is -4.73. The lowest BCUT2D eigenvalue weighted by molar-refractivity contribution is -0.274. The summed E-state index contributed by atoms with van der Waals surface area (Å²) in [6.07, 6.45) is -3.17. The van der Waals surface area contributed by atoms with Crippen molar-refractivity contribution in [3.63, 3.8) is 0 Å². The van der Waals surface area contributed by atoms with Crippen molar-refractivity contribution in [1.82, 2.24) is 15.1 Å². The molecule has 1 aliphatic carbocycles. The molecule has 2 heterocycles. The first-order valence-electron chi connectivity index (χ1n) is 9.50. The van der Waals surface area contributed by atoms with Gasteiger partial charge in [0.15, 0.2) is 0 Å². The van der Waals surface area contributed by atoms with Gasteiger partial charge >= 0.3 is 6.36 Å². The van der Waals surface area contributed by atoms with Crippen LogP contribution in [-0.2, 0) is 4.79 Å². The number of likely N-dealkylation sites (tertiary alicyclic amines) is 1. The molecule has 1 aromatic carbocycles. The molecule has 0 aromatic heterocycles. The molecule has 3 atom stereocenters. The number of nitrogens with one attached hydrogen (secondary N) is 1. The van der Waals surface area contributed by atoms with Crippen LogP contribution < -0.4 is 10.1 Å². The number of nitrogens with zero attached hydrogens (tertiary/aromatic N) is 2. The van der Waals surface area contributed by atoms with Gasteiger partial charge in [0.2, 0.25) is 5.91 Å². The second-order valence-corrected chi connectivity index (χ2v) is 7.55. The number of halogens is 4. The normalized spacial score (nSPS) is 28.0. The Bertz CT molecular complexity index is 697. The van der Waals surface area contributed by atoms with Gasteiger partial charge < -0.3 is 15.0 Å². The maximum atomic E-state index is 12.8. The number of carbonyl (C=O) groups excluding carboxylic acids is 1. The predicted molar refractivity (Wildman–Crippen MR) is 101 cm³/mol. The number of alkyl halides is 3. The third-order valence-electron chi connectivity index (χ3n) is 5.79. The molecular weight excluding hydrogens is 395 g/mol. The summed E-state index contributed by atoms with van der Waals surface area (Å²) in [5.74, 6) is -0.538. The van der Waals surface area contributed by atoms with Crippen LogP contribution >= 0.6 is 12.4 Å². The molecule has 2 aliphatic heterocycles. The SMILES string of the molecule is Cl.O=C(C1CC1c1ccccc1OC(F)(F)F)N1CCC(N2CCNCC2)C1. The average molecular weight is 420 g/mol. The minimum Gasteiger partial charge on any atom is -0.405 e. The van der Waals surface area contributed by atoms with Crippen molar-refractivity contribution in [3.05, 3.63) is 29.8 Å². The highest BCUT2D eigenvalue weighted by Gasteiger charge is 2.49. The number of hydrogen-bond donors (Lipinski definition) is 1. The van der Waals surface area contributed by atoms with Crippen LogP contribution in [0, 0.1) is 5.92 Å². The Kier molecular flexibility index (Phi) is 6.41. The van der Waals surface area contributed by atoms with Crippen molar-refractivity contribution >= 4 is 18.3 Å². The van der Waals surface area contributed by atoms with E-state index >= 15 is 0 Å². The first kappa shape index (κ1) is 21.2. The molecule has 1 N–H and O–H groups in total. The molecule has 3 aliphatic rings. The van der Waals surface area contributed by atoms with Crippen LogP contribution in [0.5, 0.6) is 5.75 Å². The third-order valence-corrected chi connectivity index (χ3v) is 5.79. The largest absolute Gasteiger partial charge is 0.573 e. The number of piperazine rings is 1. The monoisotopic (exact) mass is 419 g/mol. The van der Waals surface area contributed by atoms with E-state index in [-0.39, 0.29) is 35.9 Å². The Morgan fingerprint density at radius 2 is 1.86 bits per heavy atom. The van der Waals surface area contributed by atoms with Gasteiger partial charge in [-0.05, 0) is 30.4 Å². The smallest absolute Gasteiger partial charge is 0.405 e. The van der Waals surface area contributed by atoms with Crippen molar-refractivity contribution in [2.75, 3.05) is 39.3 Å². The predicted octanol–water partition coefficient (Wildman–Crippen LogP) is 2.62. The van der Waals surface area contributed by atoms with Gasteiger partial charge in [0, 0.05) is 51.2 Å². The van der Waals surface area contributed by atoms with Gasteiger partial charge in [0.25, 0.3) is 0 Å². The van der Waals surface area contributed by atoms with Crippen molar-refractivity contribution in [2.24, 2.45) is 5.92 Å². The van der Waals surface area contributed by atoms with E-state index in [1.165, 1.54) is 12.1 Å². The highest BCUT2D eigenvalue weighted by Crippen LogP contribution is 2.52. The van der Waals surface area contributed by atoms with Crippen LogP contribution in [0.25, 0.3) is 0 Å². The quantitative estimate of drug-likeness (QED) is 0.815. The zero-order valence-corrected chi connectivity index (χ0v) is 16.3. The number of para-hydroxylation sites is 1. The second-order valence-electron chi connectivity index (χ2n) is 7.55. The van der Waals surface area contributed by atoms with Crippen molar-refractivity contribution in [1.29, 1.82) is 0 Å². The molecule has 0 radical (unpaired) electrons. The summed E-state index contributed by atoms with van der Waals surface area (Å²) >= 11 is 0. The molecule has 0 spiro atoms. The van der Waals surface area contributed by atoms with Crippen LogP contribution in [0.1, 0.15) is 24.3 Å². The van der Waals surface area contributed by atoms with Gasteiger partial charge in [0.1, 0.15) is 5.75 Å². The fourth-order valence-electron chi connectivity index (χ4n) is 4.34. The van der Waals surface area contributed by atoms with Crippen LogP contribution in [0.3, 0.4) is 0 Å². The van der Waals surface area contributed by atoms with Crippen LogP contribution in [0.2, 0.25) is 0 Å². The summed E-state index contributed by atoms with van der Waals surface area (Å²) in [5, 5.41) is 3.33. The van der Waals surface area contributed by atoms with E-state index in [9.17, 15) is 18.0 Å². The maximum Gasteiger partial charge on any atom is 0.573 e. The first-order valence-corrected chi connectivity index (χ1v) is 9.50. The lowest BCUT2D eigenvalue weighted by atomic mass is 10.1. The van der Waals surface area contributed by atoms with Gasteiger partial charge in [-0.1, -0.05) is 18.2 Å². The van der Waals surface area contributed by atoms with Gasteiger partial charge in [0.05, 0.1) is 0 Å². The van der Waals surface area contributed by atoms with Gasteiger partial charge in [-0.2, -0.15) is 0 Å². The van der Waals surface area contributed by atoms with Crippen molar-refractivity contribution in [2.45, 2.75) is 31.2 Å². The fraction of sp³-hybridized carbons (Fsp3) is 0.632. The van der Waals surface area contributed by atoms with Crippen molar-refractivity contribution in [3.8, 4) is 5.75 Å². The fourth-order valence-corrected chi connectivity index (χ4v) is 4.34. The molecule has 0 bridgehead atoms. The zero-order valence-electron chi connectivity index (χ0n) is 15.5. The highest BCUT2D eigenvalue weighted by atomic mass is 35.5. The molecule has 3 unspecified atom stereocenters. The Morgan fingerprint density at radius 3 is 2.57 bits per heavy atom. The zero-order chi connectivity index (χ0) is 19.0. The molecule has 28 heavy (non-hydrogen) atoms. The Hall–Kier alpha value is -1.51. The van der Waals surface area contributed by atoms with Gasteiger partial charge in [-0.25, -0.2) is 0 Å². The molecule has 1 saturated carbocycles. The molecule has 2 saturated heterocycles. The maximum absolute atomic E-state index is 12.8. The van der Waals surface area contributed by atoms with Crippen LogP contribution in [0.4, 0.5) is 13.2 Å². The van der Waals surface area contributed by atoms with Crippen LogP contribution in [-0.4, -0.2) is 67.4 Å². The third kappa shape index (κ3) is 4.72. The molecule has 1 aromatic rings. The molecule has 156 valence electrons. The molecule has 1 amide bonds. The van der Waals surface area contributed by atoms with E-state index in [2.05, 4.69) is 15.0 Å². The summed E-state index contributed by atoms with van der Waals surface area (Å²) in [6, 6.07) is 6.55. The molecule has 4 rings (SSSR count). The van der Waals surface area contributed by atoms with E-state index in [0.29, 0.717) is 18.0 Å². The average Bonchev–Trinajstić information content (AvgIpc) is 3.28. The summed E-state index contributed by atoms with van der Waals surface area (Å²) < 4.78 is 42.0. The first-order chi connectivity index (χ1) is 12.9. The van der Waals surface area contributed by atoms with E-state index in [0.717, 1.165) is 45.7 Å². The van der Waals surface area contributed by atoms with Gasteiger partial charge in [-0.3, -0.25) is 9.69 Å². The summed E-state index contributed by atoms with van der Waals surface area (Å²) in [7, 11) is 0. The molecule has 9 heteroatoms. The Balaban J connectivity index is 0.00000225. The lowest BCUT2D eigenvalue weighted by Crippen LogP contribution is -2.49. The number of ether oxygens (including phenoxy) is 1. The van der Waals surface area contributed by atoms with Gasteiger partial charge in [-0.15, -0.1) is 25.6 Å². The second kappa shape index (κ2) is 8.47. The molecular formula is C19H25ClF3N3O2. The van der Waals surface area contributed by atoms with Crippen molar-refractivity contribution < 1.29 is 22.7 Å².